The number of nitrogens with zero attached hydrogens (tertiary/aromatic N) is 1. The Morgan fingerprint density at radius 3 is 2.32 bits per heavy atom. The third kappa shape index (κ3) is 4.96. The summed E-state index contributed by atoms with van der Waals surface area (Å²) >= 11 is 0. The van der Waals surface area contributed by atoms with Gasteiger partial charge in [0.2, 0.25) is 0 Å². The van der Waals surface area contributed by atoms with Crippen molar-refractivity contribution in [3.8, 4) is 0 Å². The van der Waals surface area contributed by atoms with Crippen LogP contribution in [0.15, 0.2) is 18.2 Å². The standard InChI is InChI=1S/C17H30N2/c1-7-19(11-13(2)3)12-17(18-6)16-9-8-14(4)10-15(16)5/h8-10,13,17-18H,7,11-12H2,1-6H3. The number of nitrogens with one attached hydrogen (secondary N) is 1. The van der Waals surface area contributed by atoms with Crippen LogP contribution in [0.2, 0.25) is 0 Å². The van der Waals surface area contributed by atoms with Crippen molar-refractivity contribution in [1.29, 1.82) is 0 Å². The highest BCUT2D eigenvalue weighted by Crippen LogP contribution is 2.20. The zero-order valence-electron chi connectivity index (χ0n) is 13.5. The van der Waals surface area contributed by atoms with Crippen molar-refractivity contribution in [1.82, 2.24) is 10.2 Å². The molecule has 0 spiro atoms. The molecule has 0 heterocycles. The van der Waals surface area contributed by atoms with Gasteiger partial charge in [-0.05, 0) is 44.5 Å². The molecule has 1 aromatic carbocycles. The van der Waals surface area contributed by atoms with Gasteiger partial charge in [-0.1, -0.05) is 44.5 Å². The molecule has 108 valence electrons. The molecule has 1 N–H and O–H groups in total. The Hall–Kier alpha value is -0.860. The minimum Gasteiger partial charge on any atom is -0.312 e. The second-order valence-corrected chi connectivity index (χ2v) is 5.95. The first-order valence-electron chi connectivity index (χ1n) is 7.44. The number of hydrogen-bond donors (Lipinski definition) is 1. The number of benzene rings is 1. The fourth-order valence-corrected chi connectivity index (χ4v) is 2.67. The third-order valence-electron chi connectivity index (χ3n) is 3.66. The van der Waals surface area contributed by atoms with Gasteiger partial charge in [0.25, 0.3) is 0 Å². The van der Waals surface area contributed by atoms with Gasteiger partial charge in [-0.3, -0.25) is 0 Å². The molecule has 0 amide bonds. The van der Waals surface area contributed by atoms with Crippen molar-refractivity contribution in [3.05, 3.63) is 34.9 Å². The van der Waals surface area contributed by atoms with Crippen LogP contribution in [0, 0.1) is 19.8 Å². The normalized spacial score (nSPS) is 13.3. The maximum atomic E-state index is 3.48. The van der Waals surface area contributed by atoms with Gasteiger partial charge in [-0.25, -0.2) is 0 Å². The maximum absolute atomic E-state index is 3.48. The molecule has 0 aliphatic rings. The van der Waals surface area contributed by atoms with Crippen LogP contribution in [0.3, 0.4) is 0 Å². The van der Waals surface area contributed by atoms with Crippen LogP contribution >= 0.6 is 0 Å². The van der Waals surface area contributed by atoms with Crippen LogP contribution < -0.4 is 5.32 Å². The molecule has 0 aliphatic heterocycles. The van der Waals surface area contributed by atoms with Crippen LogP contribution in [0.5, 0.6) is 0 Å². The molecule has 2 heteroatoms. The number of likely N-dealkylation sites (N-methyl/N-ethyl adjacent to an activating group) is 2. The topological polar surface area (TPSA) is 15.3 Å². The fourth-order valence-electron chi connectivity index (χ4n) is 2.67. The second-order valence-electron chi connectivity index (χ2n) is 5.95. The summed E-state index contributed by atoms with van der Waals surface area (Å²) in [6.45, 7) is 14.5. The van der Waals surface area contributed by atoms with E-state index in [0.717, 1.165) is 19.0 Å². The van der Waals surface area contributed by atoms with Crippen LogP contribution in [-0.4, -0.2) is 31.6 Å². The SMILES string of the molecule is CCN(CC(C)C)CC(NC)c1ccc(C)cc1C. The van der Waals surface area contributed by atoms with Gasteiger partial charge in [0.1, 0.15) is 0 Å². The van der Waals surface area contributed by atoms with E-state index in [-0.39, 0.29) is 0 Å². The lowest BCUT2D eigenvalue weighted by atomic mass is 9.98. The highest BCUT2D eigenvalue weighted by Gasteiger charge is 2.16. The van der Waals surface area contributed by atoms with Gasteiger partial charge in [0, 0.05) is 19.1 Å². The minimum absolute atomic E-state index is 0.416. The molecule has 0 radical (unpaired) electrons. The molecule has 1 unspecified atom stereocenters. The quantitative estimate of drug-likeness (QED) is 0.808. The van der Waals surface area contributed by atoms with Gasteiger partial charge >= 0.3 is 0 Å². The lowest BCUT2D eigenvalue weighted by Crippen LogP contribution is -2.36. The van der Waals surface area contributed by atoms with Crippen molar-refractivity contribution < 1.29 is 0 Å². The number of hydrogen-bond acceptors (Lipinski definition) is 2. The van der Waals surface area contributed by atoms with Crippen molar-refractivity contribution in [2.24, 2.45) is 5.92 Å². The summed E-state index contributed by atoms with van der Waals surface area (Å²) in [7, 11) is 2.06. The molecule has 0 bridgehead atoms. The second kappa shape index (κ2) is 7.66. The molecular formula is C17H30N2. The Morgan fingerprint density at radius 1 is 1.16 bits per heavy atom. The molecule has 0 saturated carbocycles. The van der Waals surface area contributed by atoms with Gasteiger partial charge in [0.05, 0.1) is 0 Å². The van der Waals surface area contributed by atoms with Crippen LogP contribution in [-0.2, 0) is 0 Å². The molecule has 0 fully saturated rings. The first-order chi connectivity index (χ1) is 8.97. The van der Waals surface area contributed by atoms with Crippen molar-refractivity contribution >= 4 is 0 Å². The summed E-state index contributed by atoms with van der Waals surface area (Å²) in [6, 6.07) is 7.18. The Balaban J connectivity index is 2.81. The predicted molar refractivity (Wildman–Crippen MR) is 84.7 cm³/mol. The third-order valence-corrected chi connectivity index (χ3v) is 3.66. The van der Waals surface area contributed by atoms with Crippen LogP contribution in [0.4, 0.5) is 0 Å². The van der Waals surface area contributed by atoms with E-state index >= 15 is 0 Å². The van der Waals surface area contributed by atoms with E-state index < -0.39 is 0 Å². The highest BCUT2D eigenvalue weighted by molar-refractivity contribution is 5.33. The van der Waals surface area contributed by atoms with Gasteiger partial charge in [-0.15, -0.1) is 0 Å². The van der Waals surface area contributed by atoms with Crippen molar-refractivity contribution in [2.45, 2.75) is 40.7 Å². The zero-order chi connectivity index (χ0) is 14.4. The van der Waals surface area contributed by atoms with E-state index in [1.807, 2.05) is 0 Å². The summed E-state index contributed by atoms with van der Waals surface area (Å²) in [5.41, 5.74) is 4.15. The first kappa shape index (κ1) is 16.2. The summed E-state index contributed by atoms with van der Waals surface area (Å²) in [6.07, 6.45) is 0. The molecule has 0 aliphatic carbocycles. The molecule has 2 nitrogen and oxygen atoms in total. The summed E-state index contributed by atoms with van der Waals surface area (Å²) in [4.78, 5) is 2.53. The average Bonchev–Trinajstić information content (AvgIpc) is 2.34. The Kier molecular flexibility index (Phi) is 6.53. The fraction of sp³-hybridized carbons (Fsp3) is 0.647. The van der Waals surface area contributed by atoms with Gasteiger partial charge in [-0.2, -0.15) is 0 Å². The molecule has 0 aromatic heterocycles. The number of aryl methyl sites for hydroxylation is 2. The van der Waals surface area contributed by atoms with Gasteiger partial charge < -0.3 is 10.2 Å². The molecule has 1 rings (SSSR count). The maximum Gasteiger partial charge on any atom is 0.0449 e. The Morgan fingerprint density at radius 2 is 1.84 bits per heavy atom. The lowest BCUT2D eigenvalue weighted by molar-refractivity contribution is 0.232. The van der Waals surface area contributed by atoms with Crippen molar-refractivity contribution in [2.75, 3.05) is 26.7 Å². The largest absolute Gasteiger partial charge is 0.312 e. The van der Waals surface area contributed by atoms with E-state index in [1.165, 1.54) is 23.2 Å². The Bertz CT molecular complexity index is 385. The van der Waals surface area contributed by atoms with E-state index in [4.69, 9.17) is 0 Å². The highest BCUT2D eigenvalue weighted by atomic mass is 15.1. The van der Waals surface area contributed by atoms with E-state index in [9.17, 15) is 0 Å². The zero-order valence-corrected chi connectivity index (χ0v) is 13.5. The van der Waals surface area contributed by atoms with Crippen molar-refractivity contribution in [3.63, 3.8) is 0 Å². The van der Waals surface area contributed by atoms with Crippen LogP contribution in [0.25, 0.3) is 0 Å². The molecule has 0 saturated heterocycles. The van der Waals surface area contributed by atoms with E-state index in [1.54, 1.807) is 0 Å². The van der Waals surface area contributed by atoms with Gasteiger partial charge in [0.15, 0.2) is 0 Å². The summed E-state index contributed by atoms with van der Waals surface area (Å²) < 4.78 is 0. The molecule has 1 atom stereocenters. The first-order valence-corrected chi connectivity index (χ1v) is 7.44. The smallest absolute Gasteiger partial charge is 0.0449 e. The molecular weight excluding hydrogens is 232 g/mol. The molecule has 19 heavy (non-hydrogen) atoms. The lowest BCUT2D eigenvalue weighted by Gasteiger charge is -2.28. The Labute approximate surface area is 119 Å². The monoisotopic (exact) mass is 262 g/mol. The summed E-state index contributed by atoms with van der Waals surface area (Å²) in [5.74, 6) is 0.719. The molecule has 1 aromatic rings. The minimum atomic E-state index is 0.416. The van der Waals surface area contributed by atoms with E-state index in [2.05, 4.69) is 70.1 Å². The van der Waals surface area contributed by atoms with Crippen LogP contribution in [0.1, 0.15) is 43.5 Å². The predicted octanol–water partition coefficient (Wildman–Crippen LogP) is 3.54. The van der Waals surface area contributed by atoms with E-state index in [0.29, 0.717) is 6.04 Å². The number of rotatable bonds is 7. The summed E-state index contributed by atoms with van der Waals surface area (Å²) in [5, 5.41) is 3.48. The average molecular weight is 262 g/mol.